The molecule has 0 spiro atoms. The molecule has 20 heavy (non-hydrogen) atoms. The zero-order chi connectivity index (χ0) is 14.1. The molecule has 0 aliphatic heterocycles. The van der Waals surface area contributed by atoms with Gasteiger partial charge in [0.2, 0.25) is 0 Å². The highest BCUT2D eigenvalue weighted by Crippen LogP contribution is 2.26. The van der Waals surface area contributed by atoms with Crippen LogP contribution in [0.15, 0.2) is 30.3 Å². The first-order valence-electron chi connectivity index (χ1n) is 6.79. The molecule has 0 unspecified atom stereocenters. The fraction of sp³-hybridized carbons (Fsp3) is 0.250. The molecular weight excluding hydrogens is 266 g/mol. The largest absolute Gasteiger partial charge is 0.389 e. The lowest BCUT2D eigenvalue weighted by Gasteiger charge is -2.10. The Labute approximate surface area is 124 Å². The van der Waals surface area contributed by atoms with E-state index in [2.05, 4.69) is 28.5 Å². The van der Waals surface area contributed by atoms with E-state index in [-0.39, 0.29) is 0 Å². The van der Waals surface area contributed by atoms with E-state index in [1.54, 1.807) is 0 Å². The maximum absolute atomic E-state index is 5.69. The summed E-state index contributed by atoms with van der Waals surface area (Å²) in [4.78, 5) is 4.87. The summed E-state index contributed by atoms with van der Waals surface area (Å²) < 4.78 is 0. The Bertz CT molecular complexity index is 679. The number of hydrogen-bond acceptors (Lipinski definition) is 3. The number of rotatable bonds is 3. The highest BCUT2D eigenvalue weighted by Gasteiger charge is 2.11. The number of anilines is 2. The van der Waals surface area contributed by atoms with E-state index < -0.39 is 0 Å². The topological polar surface area (TPSA) is 50.9 Å². The van der Waals surface area contributed by atoms with Gasteiger partial charge in [-0.25, -0.2) is 4.98 Å². The van der Waals surface area contributed by atoms with E-state index in [1.807, 2.05) is 19.1 Å². The summed E-state index contributed by atoms with van der Waals surface area (Å²) in [6.45, 7) is 1.94. The summed E-state index contributed by atoms with van der Waals surface area (Å²) in [6, 6.07) is 10.3. The molecule has 1 aliphatic rings. The Hall–Kier alpha value is -1.94. The van der Waals surface area contributed by atoms with Crippen LogP contribution in [0.5, 0.6) is 0 Å². The molecule has 0 radical (unpaired) electrons. The van der Waals surface area contributed by atoms with Gasteiger partial charge in [-0.1, -0.05) is 18.3 Å². The first kappa shape index (κ1) is 13.1. The van der Waals surface area contributed by atoms with Crippen molar-refractivity contribution in [3.63, 3.8) is 0 Å². The summed E-state index contributed by atoms with van der Waals surface area (Å²) in [5.41, 5.74) is 11.4. The molecule has 1 aromatic carbocycles. The normalized spacial score (nSPS) is 13.1. The SMILES string of the molecule is Cc1cc(C(N)=S)cc(Nc2ccc3c(c2)CCC3)n1. The van der Waals surface area contributed by atoms with E-state index >= 15 is 0 Å². The van der Waals surface area contributed by atoms with Gasteiger partial charge in [-0.3, -0.25) is 0 Å². The van der Waals surface area contributed by atoms with Crippen molar-refractivity contribution in [2.75, 3.05) is 5.32 Å². The van der Waals surface area contributed by atoms with Gasteiger partial charge in [0.15, 0.2) is 0 Å². The molecule has 0 saturated heterocycles. The fourth-order valence-electron chi connectivity index (χ4n) is 2.67. The number of aryl methyl sites for hydroxylation is 3. The van der Waals surface area contributed by atoms with Gasteiger partial charge < -0.3 is 11.1 Å². The molecule has 102 valence electrons. The van der Waals surface area contributed by atoms with E-state index in [9.17, 15) is 0 Å². The maximum Gasteiger partial charge on any atom is 0.131 e. The number of nitrogens with one attached hydrogen (secondary N) is 1. The second-order valence-corrected chi connectivity index (χ2v) is 5.65. The highest BCUT2D eigenvalue weighted by molar-refractivity contribution is 7.80. The van der Waals surface area contributed by atoms with Crippen LogP contribution in [0.25, 0.3) is 0 Å². The van der Waals surface area contributed by atoms with Crippen LogP contribution < -0.4 is 11.1 Å². The standard InChI is InChI=1S/C16H17N3S/c1-10-7-13(16(17)20)9-15(18-10)19-14-6-5-11-3-2-4-12(11)8-14/h5-9H,2-4H2,1H3,(H2,17,20)(H,18,19). The Morgan fingerprint density at radius 2 is 2.00 bits per heavy atom. The van der Waals surface area contributed by atoms with Gasteiger partial charge in [0.05, 0.1) is 0 Å². The van der Waals surface area contributed by atoms with Crippen LogP contribution in [0.3, 0.4) is 0 Å². The predicted octanol–water partition coefficient (Wildman–Crippen LogP) is 3.26. The number of thiocarbonyl (C=S) groups is 1. The fourth-order valence-corrected chi connectivity index (χ4v) is 2.79. The number of hydrogen-bond donors (Lipinski definition) is 2. The van der Waals surface area contributed by atoms with Crippen molar-refractivity contribution in [1.82, 2.24) is 4.98 Å². The Kier molecular flexibility index (Phi) is 3.40. The highest BCUT2D eigenvalue weighted by atomic mass is 32.1. The molecule has 0 amide bonds. The van der Waals surface area contributed by atoms with Crippen LogP contribution >= 0.6 is 12.2 Å². The molecule has 0 bridgehead atoms. The van der Waals surface area contributed by atoms with Crippen molar-refractivity contribution in [3.8, 4) is 0 Å². The second kappa shape index (κ2) is 5.21. The number of nitrogens with two attached hydrogens (primary N) is 1. The second-order valence-electron chi connectivity index (χ2n) is 5.21. The molecule has 2 aromatic rings. The summed E-state index contributed by atoms with van der Waals surface area (Å²) >= 11 is 5.03. The van der Waals surface area contributed by atoms with Crippen molar-refractivity contribution in [1.29, 1.82) is 0 Å². The van der Waals surface area contributed by atoms with Crippen molar-refractivity contribution < 1.29 is 0 Å². The van der Waals surface area contributed by atoms with Gasteiger partial charge in [0.25, 0.3) is 0 Å². The van der Waals surface area contributed by atoms with Crippen LogP contribution in [0, 0.1) is 6.92 Å². The number of pyridine rings is 1. The number of fused-ring (bicyclic) bond motifs is 1. The van der Waals surface area contributed by atoms with Crippen molar-refractivity contribution in [2.24, 2.45) is 5.73 Å². The lowest BCUT2D eigenvalue weighted by Crippen LogP contribution is -2.10. The van der Waals surface area contributed by atoms with Gasteiger partial charge >= 0.3 is 0 Å². The number of benzene rings is 1. The molecule has 0 fully saturated rings. The molecular formula is C16H17N3S. The molecule has 0 atom stereocenters. The average molecular weight is 283 g/mol. The van der Waals surface area contributed by atoms with E-state index in [1.165, 1.54) is 30.4 Å². The summed E-state index contributed by atoms with van der Waals surface area (Å²) in [5.74, 6) is 0.783. The minimum atomic E-state index is 0.396. The van der Waals surface area contributed by atoms with Gasteiger partial charge in [0, 0.05) is 16.9 Å². The minimum absolute atomic E-state index is 0.396. The molecule has 3 rings (SSSR count). The molecule has 1 aromatic heterocycles. The molecule has 3 nitrogen and oxygen atoms in total. The van der Waals surface area contributed by atoms with Crippen molar-refractivity contribution in [2.45, 2.75) is 26.2 Å². The lowest BCUT2D eigenvalue weighted by molar-refractivity contribution is 0.912. The van der Waals surface area contributed by atoms with E-state index in [0.29, 0.717) is 4.99 Å². The Balaban J connectivity index is 1.89. The van der Waals surface area contributed by atoms with Gasteiger partial charge in [-0.2, -0.15) is 0 Å². The first-order chi connectivity index (χ1) is 9.61. The van der Waals surface area contributed by atoms with Crippen molar-refractivity contribution in [3.05, 3.63) is 52.7 Å². The maximum atomic E-state index is 5.69. The molecule has 0 saturated carbocycles. The molecule has 1 aliphatic carbocycles. The third kappa shape index (κ3) is 2.65. The number of nitrogens with zero attached hydrogens (tertiary/aromatic N) is 1. The van der Waals surface area contributed by atoms with Crippen LogP contribution in [0.2, 0.25) is 0 Å². The zero-order valence-corrected chi connectivity index (χ0v) is 12.3. The molecule has 3 N–H and O–H groups in total. The van der Waals surface area contributed by atoms with Crippen LogP contribution in [0.4, 0.5) is 11.5 Å². The smallest absolute Gasteiger partial charge is 0.131 e. The summed E-state index contributed by atoms with van der Waals surface area (Å²) in [5, 5.41) is 3.34. The van der Waals surface area contributed by atoms with E-state index in [4.69, 9.17) is 18.0 Å². The first-order valence-corrected chi connectivity index (χ1v) is 7.20. The molecule has 4 heteroatoms. The zero-order valence-electron chi connectivity index (χ0n) is 11.4. The van der Waals surface area contributed by atoms with Crippen molar-refractivity contribution >= 4 is 28.7 Å². The third-order valence-corrected chi connectivity index (χ3v) is 3.84. The third-order valence-electron chi connectivity index (χ3n) is 3.61. The summed E-state index contributed by atoms with van der Waals surface area (Å²) in [7, 11) is 0. The van der Waals surface area contributed by atoms with Crippen LogP contribution in [-0.4, -0.2) is 9.97 Å². The lowest BCUT2D eigenvalue weighted by atomic mass is 10.1. The Morgan fingerprint density at radius 1 is 1.20 bits per heavy atom. The van der Waals surface area contributed by atoms with Crippen LogP contribution in [-0.2, 0) is 12.8 Å². The predicted molar refractivity (Wildman–Crippen MR) is 86.6 cm³/mol. The monoisotopic (exact) mass is 283 g/mol. The van der Waals surface area contributed by atoms with Gasteiger partial charge in [0.1, 0.15) is 10.8 Å². The molecule has 1 heterocycles. The number of aromatic nitrogens is 1. The minimum Gasteiger partial charge on any atom is -0.389 e. The van der Waals surface area contributed by atoms with Crippen LogP contribution in [0.1, 0.15) is 28.8 Å². The van der Waals surface area contributed by atoms with Gasteiger partial charge in [-0.15, -0.1) is 0 Å². The van der Waals surface area contributed by atoms with Gasteiger partial charge in [-0.05, 0) is 61.6 Å². The summed E-state index contributed by atoms with van der Waals surface area (Å²) in [6.07, 6.45) is 3.63. The van der Waals surface area contributed by atoms with E-state index in [0.717, 1.165) is 22.8 Å². The Morgan fingerprint density at radius 3 is 2.80 bits per heavy atom. The average Bonchev–Trinajstić information content (AvgIpc) is 2.85. The quantitative estimate of drug-likeness (QED) is 0.849.